The minimum atomic E-state index is -0.611. The number of benzene rings is 1. The first-order valence-corrected chi connectivity index (χ1v) is 9.54. The van der Waals surface area contributed by atoms with Crippen LogP contribution in [0.5, 0.6) is 0 Å². The van der Waals surface area contributed by atoms with Crippen molar-refractivity contribution in [2.24, 2.45) is 5.41 Å². The Morgan fingerprint density at radius 1 is 1.41 bits per heavy atom. The number of aliphatic hydroxyl groups is 1. The quantitative estimate of drug-likeness (QED) is 0.747. The molecular weight excluding hydrogens is 349 g/mol. The van der Waals surface area contributed by atoms with Crippen molar-refractivity contribution >= 4 is 11.8 Å². The predicted octanol–water partition coefficient (Wildman–Crippen LogP) is 1.14. The van der Waals surface area contributed by atoms with Gasteiger partial charge in [-0.3, -0.25) is 14.5 Å². The Kier molecular flexibility index (Phi) is 6.11. The highest BCUT2D eigenvalue weighted by Crippen LogP contribution is 2.40. The van der Waals surface area contributed by atoms with Gasteiger partial charge >= 0.3 is 0 Å². The molecule has 6 nitrogen and oxygen atoms in total. The molecule has 2 aliphatic rings. The summed E-state index contributed by atoms with van der Waals surface area (Å²) in [6, 6.07) is 5.90. The first-order chi connectivity index (χ1) is 12.9. The second-order valence-electron chi connectivity index (χ2n) is 7.83. The topological polar surface area (TPSA) is 72.9 Å². The van der Waals surface area contributed by atoms with Crippen LogP contribution in [0, 0.1) is 11.2 Å². The van der Waals surface area contributed by atoms with Crippen LogP contribution in [0.3, 0.4) is 0 Å². The number of hydrogen-bond acceptors (Lipinski definition) is 4. The molecule has 0 spiro atoms. The smallest absolute Gasteiger partial charge is 0.237 e. The van der Waals surface area contributed by atoms with Crippen molar-refractivity contribution in [3.8, 4) is 0 Å². The second-order valence-corrected chi connectivity index (χ2v) is 7.83. The van der Waals surface area contributed by atoms with Crippen molar-refractivity contribution in [1.82, 2.24) is 15.1 Å². The van der Waals surface area contributed by atoms with E-state index in [1.54, 1.807) is 30.1 Å². The Labute approximate surface area is 159 Å². The largest absolute Gasteiger partial charge is 0.396 e. The molecule has 0 radical (unpaired) electrons. The van der Waals surface area contributed by atoms with E-state index >= 15 is 0 Å². The Hall–Kier alpha value is -1.99. The van der Waals surface area contributed by atoms with E-state index < -0.39 is 6.04 Å². The Morgan fingerprint density at radius 3 is 2.78 bits per heavy atom. The highest BCUT2D eigenvalue weighted by atomic mass is 19.1. The maximum absolute atomic E-state index is 14.0. The summed E-state index contributed by atoms with van der Waals surface area (Å²) in [6.45, 7) is 1.93. The summed E-state index contributed by atoms with van der Waals surface area (Å²) in [6.07, 6.45) is 2.97. The summed E-state index contributed by atoms with van der Waals surface area (Å²) >= 11 is 0. The monoisotopic (exact) mass is 377 g/mol. The number of carbonyl (C=O) groups is 2. The minimum absolute atomic E-state index is 0.0539. The van der Waals surface area contributed by atoms with Gasteiger partial charge in [-0.1, -0.05) is 24.6 Å². The number of piperazine rings is 1. The van der Waals surface area contributed by atoms with Gasteiger partial charge in [-0.05, 0) is 18.9 Å². The van der Waals surface area contributed by atoms with Crippen molar-refractivity contribution in [2.45, 2.75) is 38.3 Å². The van der Waals surface area contributed by atoms with Crippen molar-refractivity contribution in [1.29, 1.82) is 0 Å². The van der Waals surface area contributed by atoms with Crippen molar-refractivity contribution in [3.63, 3.8) is 0 Å². The summed E-state index contributed by atoms with van der Waals surface area (Å²) in [7, 11) is 1.72. The summed E-state index contributed by atoms with van der Waals surface area (Å²) in [5, 5.41) is 12.4. The molecule has 1 aromatic carbocycles. The Bertz CT molecular complexity index is 687. The van der Waals surface area contributed by atoms with Crippen LogP contribution in [0.15, 0.2) is 24.3 Å². The first-order valence-electron chi connectivity index (χ1n) is 9.54. The Balaban J connectivity index is 1.65. The molecule has 1 aliphatic carbocycles. The molecule has 2 amide bonds. The van der Waals surface area contributed by atoms with Crippen molar-refractivity contribution in [2.75, 3.05) is 33.3 Å². The molecule has 1 saturated carbocycles. The van der Waals surface area contributed by atoms with E-state index in [0.717, 1.165) is 19.3 Å². The lowest BCUT2D eigenvalue weighted by Crippen LogP contribution is -2.56. The van der Waals surface area contributed by atoms with Crippen LogP contribution < -0.4 is 5.32 Å². The number of nitrogens with one attached hydrogen (secondary N) is 1. The van der Waals surface area contributed by atoms with Crippen LogP contribution >= 0.6 is 0 Å². The number of amides is 2. The van der Waals surface area contributed by atoms with Gasteiger partial charge < -0.3 is 15.3 Å². The first kappa shape index (κ1) is 19.8. The maximum atomic E-state index is 14.0. The molecule has 27 heavy (non-hydrogen) atoms. The fraction of sp³-hybridized carbons (Fsp3) is 0.600. The molecule has 148 valence electrons. The molecule has 1 heterocycles. The fourth-order valence-electron chi connectivity index (χ4n) is 3.97. The Morgan fingerprint density at radius 2 is 2.15 bits per heavy atom. The number of hydrogen-bond donors (Lipinski definition) is 2. The molecule has 0 bridgehead atoms. The van der Waals surface area contributed by atoms with E-state index in [1.165, 1.54) is 6.07 Å². The van der Waals surface area contributed by atoms with Crippen LogP contribution in [0.1, 0.15) is 31.2 Å². The number of halogens is 1. The predicted molar refractivity (Wildman–Crippen MR) is 99.2 cm³/mol. The molecule has 7 heteroatoms. The third-order valence-electron chi connectivity index (χ3n) is 5.89. The van der Waals surface area contributed by atoms with Crippen LogP contribution in [-0.4, -0.2) is 66.1 Å². The SMILES string of the molecule is CN(CC1(CO)CCC1)C(=O)CC1C(=O)NCCN1Cc1ccccc1F. The van der Waals surface area contributed by atoms with Gasteiger partial charge in [0.25, 0.3) is 0 Å². The van der Waals surface area contributed by atoms with Gasteiger partial charge in [0.2, 0.25) is 11.8 Å². The van der Waals surface area contributed by atoms with Crippen LogP contribution in [0.2, 0.25) is 0 Å². The molecule has 3 rings (SSSR count). The number of carbonyl (C=O) groups excluding carboxylic acids is 2. The van der Waals surface area contributed by atoms with E-state index in [-0.39, 0.29) is 36.1 Å². The van der Waals surface area contributed by atoms with E-state index in [9.17, 15) is 19.1 Å². The molecule has 2 N–H and O–H groups in total. The fourth-order valence-corrected chi connectivity index (χ4v) is 3.97. The van der Waals surface area contributed by atoms with Gasteiger partial charge in [0.05, 0.1) is 19.1 Å². The van der Waals surface area contributed by atoms with Crippen LogP contribution in [0.25, 0.3) is 0 Å². The van der Waals surface area contributed by atoms with E-state index in [4.69, 9.17) is 0 Å². The number of aliphatic hydroxyl groups excluding tert-OH is 1. The molecule has 1 aliphatic heterocycles. The summed E-state index contributed by atoms with van der Waals surface area (Å²) in [5.74, 6) is -0.629. The van der Waals surface area contributed by atoms with Crippen molar-refractivity contribution in [3.05, 3.63) is 35.6 Å². The lowest BCUT2D eigenvalue weighted by molar-refractivity contribution is -0.140. The van der Waals surface area contributed by atoms with E-state index in [1.807, 2.05) is 4.90 Å². The molecule has 1 unspecified atom stereocenters. The number of rotatable bonds is 7. The van der Waals surface area contributed by atoms with Crippen LogP contribution in [-0.2, 0) is 16.1 Å². The zero-order valence-corrected chi connectivity index (χ0v) is 15.8. The average Bonchev–Trinajstić information content (AvgIpc) is 2.62. The van der Waals surface area contributed by atoms with Gasteiger partial charge in [0, 0.05) is 44.2 Å². The second kappa shape index (κ2) is 8.35. The lowest BCUT2D eigenvalue weighted by Gasteiger charge is -2.43. The maximum Gasteiger partial charge on any atom is 0.237 e. The zero-order chi connectivity index (χ0) is 19.4. The van der Waals surface area contributed by atoms with Crippen molar-refractivity contribution < 1.29 is 19.1 Å². The van der Waals surface area contributed by atoms with Gasteiger partial charge in [-0.25, -0.2) is 4.39 Å². The molecule has 1 aromatic rings. The molecule has 0 aromatic heterocycles. The number of nitrogens with zero attached hydrogens (tertiary/aromatic N) is 2. The van der Waals surface area contributed by atoms with Crippen LogP contribution in [0.4, 0.5) is 4.39 Å². The molecular formula is C20H28FN3O3. The van der Waals surface area contributed by atoms with Gasteiger partial charge in [0.15, 0.2) is 0 Å². The average molecular weight is 377 g/mol. The highest BCUT2D eigenvalue weighted by molar-refractivity contribution is 5.88. The molecule has 1 atom stereocenters. The van der Waals surface area contributed by atoms with Gasteiger partial charge in [-0.15, -0.1) is 0 Å². The molecule has 2 fully saturated rings. The summed E-state index contributed by atoms with van der Waals surface area (Å²) in [4.78, 5) is 28.6. The molecule has 1 saturated heterocycles. The highest BCUT2D eigenvalue weighted by Gasteiger charge is 2.39. The third-order valence-corrected chi connectivity index (χ3v) is 5.89. The normalized spacial score (nSPS) is 22.0. The standard InChI is InChI=1S/C20H28FN3O3/c1-23(13-20(14-25)7-4-8-20)18(26)11-17-19(27)22-9-10-24(17)12-15-5-2-3-6-16(15)21/h2-3,5-6,17,25H,4,7-14H2,1H3,(H,22,27). The van der Waals surface area contributed by atoms with Gasteiger partial charge in [-0.2, -0.15) is 0 Å². The van der Waals surface area contributed by atoms with E-state index in [2.05, 4.69) is 5.32 Å². The minimum Gasteiger partial charge on any atom is -0.396 e. The zero-order valence-electron chi connectivity index (χ0n) is 15.8. The third kappa shape index (κ3) is 4.47. The van der Waals surface area contributed by atoms with Gasteiger partial charge in [0.1, 0.15) is 5.82 Å². The summed E-state index contributed by atoms with van der Waals surface area (Å²) in [5.41, 5.74) is 0.332. The lowest BCUT2D eigenvalue weighted by atomic mass is 9.69. The van der Waals surface area contributed by atoms with E-state index in [0.29, 0.717) is 31.7 Å². The summed E-state index contributed by atoms with van der Waals surface area (Å²) < 4.78 is 14.0.